The Labute approximate surface area is 232 Å². The summed E-state index contributed by atoms with van der Waals surface area (Å²) in [6, 6.07) is 9.90. The van der Waals surface area contributed by atoms with Crippen LogP contribution in [-0.2, 0) is 19.1 Å². The van der Waals surface area contributed by atoms with Crippen molar-refractivity contribution in [3.63, 3.8) is 0 Å². The van der Waals surface area contributed by atoms with E-state index in [1.165, 1.54) is 4.90 Å². The van der Waals surface area contributed by atoms with Gasteiger partial charge in [0.1, 0.15) is 31.5 Å². The van der Waals surface area contributed by atoms with E-state index in [1.54, 1.807) is 23.1 Å². The van der Waals surface area contributed by atoms with Gasteiger partial charge in [-0.1, -0.05) is 44.5 Å². The summed E-state index contributed by atoms with van der Waals surface area (Å²) in [6.45, 7) is 7.56. The van der Waals surface area contributed by atoms with Crippen LogP contribution in [-0.4, -0.2) is 66.2 Å². The molecule has 0 aliphatic carbocycles. The zero-order valence-corrected chi connectivity index (χ0v) is 23.1. The molecule has 9 nitrogen and oxygen atoms in total. The second-order valence-corrected chi connectivity index (χ2v) is 11.8. The van der Waals surface area contributed by atoms with E-state index >= 15 is 0 Å². The van der Waals surface area contributed by atoms with Gasteiger partial charge >= 0.3 is 5.97 Å². The van der Waals surface area contributed by atoms with E-state index in [-0.39, 0.29) is 17.7 Å². The second kappa shape index (κ2) is 10.7. The highest BCUT2D eigenvalue weighted by Gasteiger charge is 2.42. The number of carboxylic acid groups (broad SMARTS) is 1. The van der Waals surface area contributed by atoms with Gasteiger partial charge in [-0.25, -0.2) is 4.79 Å². The molecule has 0 bridgehead atoms. The maximum absolute atomic E-state index is 14.1. The SMILES string of the molecule is CC(C)(C)CN1C(=O)[C@H](CC(=O)N2CCC[C@H]2C(=O)O)O[C@@H](c2cccc3c2OCCO3)c2cc(Cl)ccc21. The maximum atomic E-state index is 14.1. The number of aliphatic carboxylic acids is 1. The van der Waals surface area contributed by atoms with Crippen molar-refractivity contribution in [1.82, 2.24) is 4.90 Å². The molecule has 208 valence electrons. The molecule has 1 fully saturated rings. The van der Waals surface area contributed by atoms with Crippen LogP contribution in [0.1, 0.15) is 57.3 Å². The smallest absolute Gasteiger partial charge is 0.326 e. The van der Waals surface area contributed by atoms with E-state index in [0.717, 1.165) is 0 Å². The van der Waals surface area contributed by atoms with Gasteiger partial charge in [-0.05, 0) is 42.5 Å². The molecule has 3 aliphatic heterocycles. The first-order valence-corrected chi connectivity index (χ1v) is 13.6. The van der Waals surface area contributed by atoms with E-state index in [4.69, 9.17) is 25.8 Å². The number of hydrogen-bond acceptors (Lipinski definition) is 6. The summed E-state index contributed by atoms with van der Waals surface area (Å²) >= 11 is 6.46. The number of para-hydroxylation sites is 1. The number of anilines is 1. The van der Waals surface area contributed by atoms with Crippen LogP contribution in [0.2, 0.25) is 5.02 Å². The first kappa shape index (κ1) is 27.3. The Morgan fingerprint density at radius 2 is 1.87 bits per heavy atom. The molecule has 10 heteroatoms. The molecule has 3 atom stereocenters. The summed E-state index contributed by atoms with van der Waals surface area (Å²) in [7, 11) is 0. The van der Waals surface area contributed by atoms with Gasteiger partial charge in [0.25, 0.3) is 5.91 Å². The fourth-order valence-electron chi connectivity index (χ4n) is 5.48. The number of amides is 2. The number of nitrogens with zero attached hydrogens (tertiary/aromatic N) is 2. The molecular formula is C29H33ClN2O7. The van der Waals surface area contributed by atoms with Crippen LogP contribution >= 0.6 is 11.6 Å². The lowest BCUT2D eigenvalue weighted by atomic mass is 9.94. The molecule has 3 aliphatic rings. The Kier molecular flexibility index (Phi) is 7.48. The first-order valence-electron chi connectivity index (χ1n) is 13.2. The lowest BCUT2D eigenvalue weighted by Crippen LogP contribution is -2.47. The fraction of sp³-hybridized carbons (Fsp3) is 0.483. The topological polar surface area (TPSA) is 106 Å². The van der Waals surface area contributed by atoms with Crippen molar-refractivity contribution in [3.05, 3.63) is 52.5 Å². The number of carboxylic acids is 1. The van der Waals surface area contributed by atoms with Crippen molar-refractivity contribution in [2.45, 2.75) is 58.3 Å². The van der Waals surface area contributed by atoms with Crippen LogP contribution in [0, 0.1) is 5.41 Å². The molecule has 39 heavy (non-hydrogen) atoms. The summed E-state index contributed by atoms with van der Waals surface area (Å²) in [5.41, 5.74) is 1.69. The number of likely N-dealkylation sites (tertiary alicyclic amines) is 1. The summed E-state index contributed by atoms with van der Waals surface area (Å²) in [5.74, 6) is -0.742. The third-order valence-corrected chi connectivity index (χ3v) is 7.37. The first-order chi connectivity index (χ1) is 18.5. The molecule has 2 aromatic rings. The van der Waals surface area contributed by atoms with Crippen LogP contribution in [0.4, 0.5) is 5.69 Å². The molecule has 0 saturated carbocycles. The van der Waals surface area contributed by atoms with Gasteiger partial charge in [0, 0.05) is 34.9 Å². The zero-order valence-electron chi connectivity index (χ0n) is 22.3. The summed E-state index contributed by atoms with van der Waals surface area (Å²) in [5, 5.41) is 10.1. The maximum Gasteiger partial charge on any atom is 0.326 e. The Hall–Kier alpha value is -3.30. The number of rotatable bonds is 5. The molecule has 0 radical (unpaired) electrons. The van der Waals surface area contributed by atoms with Gasteiger partial charge in [0.15, 0.2) is 11.5 Å². The van der Waals surface area contributed by atoms with Crippen molar-refractivity contribution in [2.75, 3.05) is 31.2 Å². The van der Waals surface area contributed by atoms with Gasteiger partial charge in [-0.2, -0.15) is 0 Å². The Morgan fingerprint density at radius 3 is 2.62 bits per heavy atom. The molecule has 0 unspecified atom stereocenters. The van der Waals surface area contributed by atoms with Gasteiger partial charge in [0.05, 0.1) is 6.42 Å². The van der Waals surface area contributed by atoms with Gasteiger partial charge in [0.2, 0.25) is 5.91 Å². The minimum Gasteiger partial charge on any atom is -0.486 e. The van der Waals surface area contributed by atoms with Crippen molar-refractivity contribution < 1.29 is 33.7 Å². The summed E-state index contributed by atoms with van der Waals surface area (Å²) < 4.78 is 18.3. The summed E-state index contributed by atoms with van der Waals surface area (Å²) in [6.07, 6.45) is -1.26. The number of carbonyl (C=O) groups is 3. The van der Waals surface area contributed by atoms with Crippen LogP contribution in [0.5, 0.6) is 11.5 Å². The third-order valence-electron chi connectivity index (χ3n) is 7.13. The van der Waals surface area contributed by atoms with E-state index < -0.39 is 30.1 Å². The highest BCUT2D eigenvalue weighted by Crippen LogP contribution is 2.46. The third kappa shape index (κ3) is 5.56. The minimum atomic E-state index is -1.16. The largest absolute Gasteiger partial charge is 0.486 e. The quantitative estimate of drug-likeness (QED) is 0.580. The number of hydrogen-bond donors (Lipinski definition) is 1. The highest BCUT2D eigenvalue weighted by molar-refractivity contribution is 6.30. The number of halogens is 1. The van der Waals surface area contributed by atoms with Crippen molar-refractivity contribution in [3.8, 4) is 11.5 Å². The van der Waals surface area contributed by atoms with E-state index in [0.29, 0.717) is 72.5 Å². The summed E-state index contributed by atoms with van der Waals surface area (Å²) in [4.78, 5) is 42.3. The Morgan fingerprint density at radius 1 is 1.10 bits per heavy atom. The zero-order chi connectivity index (χ0) is 27.9. The predicted molar refractivity (Wildman–Crippen MR) is 144 cm³/mol. The van der Waals surface area contributed by atoms with Gasteiger partial charge in [-0.15, -0.1) is 0 Å². The minimum absolute atomic E-state index is 0.271. The molecule has 0 aromatic heterocycles. The van der Waals surface area contributed by atoms with Crippen molar-refractivity contribution >= 4 is 35.1 Å². The molecule has 3 heterocycles. The normalized spacial score (nSPS) is 22.9. The van der Waals surface area contributed by atoms with Crippen LogP contribution < -0.4 is 14.4 Å². The van der Waals surface area contributed by atoms with Gasteiger partial charge in [-0.3, -0.25) is 9.59 Å². The molecule has 5 rings (SSSR count). The number of ether oxygens (including phenoxy) is 3. The molecular weight excluding hydrogens is 524 g/mol. The Balaban J connectivity index is 1.60. The van der Waals surface area contributed by atoms with Crippen molar-refractivity contribution in [2.24, 2.45) is 5.41 Å². The van der Waals surface area contributed by atoms with Crippen LogP contribution in [0.3, 0.4) is 0 Å². The highest BCUT2D eigenvalue weighted by atomic mass is 35.5. The van der Waals surface area contributed by atoms with E-state index in [1.807, 2.05) is 39.0 Å². The number of carbonyl (C=O) groups excluding carboxylic acids is 2. The van der Waals surface area contributed by atoms with E-state index in [2.05, 4.69) is 0 Å². The Bertz CT molecular complexity index is 1290. The number of benzene rings is 2. The monoisotopic (exact) mass is 556 g/mol. The molecule has 0 spiro atoms. The van der Waals surface area contributed by atoms with Crippen LogP contribution in [0.15, 0.2) is 36.4 Å². The van der Waals surface area contributed by atoms with E-state index in [9.17, 15) is 19.5 Å². The fourth-order valence-corrected chi connectivity index (χ4v) is 5.66. The average Bonchev–Trinajstić information content (AvgIpc) is 3.36. The average molecular weight is 557 g/mol. The second-order valence-electron chi connectivity index (χ2n) is 11.4. The van der Waals surface area contributed by atoms with Crippen molar-refractivity contribution in [1.29, 1.82) is 0 Å². The molecule has 2 amide bonds. The number of fused-ring (bicyclic) bond motifs is 2. The standard InChI is InChI=1S/C29H33ClN2O7/c1-29(2,3)16-32-20-10-9-17(30)14-19(20)25(18-6-4-8-22-26(18)38-13-12-37-22)39-23(27(32)34)15-24(33)31-11-5-7-21(31)28(35)36/h4,6,8-10,14,21,23,25H,5,7,11-13,15-16H2,1-3H3,(H,35,36)/t21-,23-,25-/m0/s1. The molecule has 1 saturated heterocycles. The lowest BCUT2D eigenvalue weighted by Gasteiger charge is -2.32. The molecule has 1 N–H and O–H groups in total. The lowest BCUT2D eigenvalue weighted by molar-refractivity contribution is -0.151. The van der Waals surface area contributed by atoms with Gasteiger partial charge < -0.3 is 29.1 Å². The molecule has 2 aromatic carbocycles. The predicted octanol–water partition coefficient (Wildman–Crippen LogP) is 4.44. The van der Waals surface area contributed by atoms with Crippen LogP contribution in [0.25, 0.3) is 0 Å².